The summed E-state index contributed by atoms with van der Waals surface area (Å²) >= 11 is 5.86. The number of aliphatic carboxylic acids is 1. The van der Waals surface area contributed by atoms with Gasteiger partial charge in [-0.1, -0.05) is 11.6 Å². The molecule has 1 amide bonds. The summed E-state index contributed by atoms with van der Waals surface area (Å²) in [5, 5.41) is 9.63. The first kappa shape index (κ1) is 22.3. The minimum Gasteiger partial charge on any atom is -0.481 e. The molecule has 0 radical (unpaired) electrons. The van der Waals surface area contributed by atoms with Crippen LogP contribution in [0.1, 0.15) is 18.7 Å². The molecule has 2 heterocycles. The van der Waals surface area contributed by atoms with Gasteiger partial charge in [0.2, 0.25) is 5.91 Å². The van der Waals surface area contributed by atoms with E-state index in [1.807, 2.05) is 12.1 Å². The zero-order valence-corrected chi connectivity index (χ0v) is 16.1. The number of likely N-dealkylation sites (tertiary alicyclic amines) is 1. The number of aromatic nitrogens is 1. The van der Waals surface area contributed by atoms with E-state index in [2.05, 4.69) is 4.98 Å². The highest BCUT2D eigenvalue weighted by Gasteiger charge is 2.30. The number of carbonyl (C=O) groups is 2. The minimum atomic E-state index is -0.842. The molecule has 3 rings (SSSR count). The van der Waals surface area contributed by atoms with E-state index in [0.717, 1.165) is 5.56 Å². The third-order valence-electron chi connectivity index (χ3n) is 4.13. The number of carboxylic acid groups (broad SMARTS) is 1. The van der Waals surface area contributed by atoms with Gasteiger partial charge >= 0.3 is 5.97 Å². The maximum atomic E-state index is 12.1. The maximum absolute atomic E-state index is 12.1. The lowest BCUT2D eigenvalue weighted by atomic mass is 10.1. The Morgan fingerprint density at radius 1 is 1.27 bits per heavy atom. The molecule has 0 spiro atoms. The fraction of sp³-hybridized carbons (Fsp3) is 0.353. The van der Waals surface area contributed by atoms with Crippen LogP contribution in [-0.2, 0) is 16.0 Å². The smallest absolute Gasteiger partial charge is 0.308 e. The lowest BCUT2D eigenvalue weighted by molar-refractivity contribution is -0.141. The molecule has 0 aliphatic carbocycles. The van der Waals surface area contributed by atoms with Crippen LogP contribution in [0.4, 0.5) is 0 Å². The quantitative estimate of drug-likeness (QED) is 0.796. The molecule has 1 atom stereocenters. The van der Waals surface area contributed by atoms with Crippen LogP contribution in [0.2, 0.25) is 5.02 Å². The molecule has 1 N–H and O–H groups in total. The molecule has 1 aromatic carbocycles. The van der Waals surface area contributed by atoms with Crippen LogP contribution in [0.25, 0.3) is 11.3 Å². The fourth-order valence-electron chi connectivity index (χ4n) is 2.73. The predicted octanol–water partition coefficient (Wildman–Crippen LogP) is 3.70. The standard InChI is InChI=1S/C17H17ClN2O4.2ClH/c18-13-3-1-11(2-4-13)14-9-19-15(24-14)5-6-16(21)20-8-7-12(10-20)17(22)23;;/h1-4,9,12H,5-8,10H2,(H,22,23);2*1H. The van der Waals surface area contributed by atoms with Crippen molar-refractivity contribution in [1.82, 2.24) is 9.88 Å². The van der Waals surface area contributed by atoms with Gasteiger partial charge in [-0.05, 0) is 30.7 Å². The van der Waals surface area contributed by atoms with Gasteiger partial charge < -0.3 is 14.4 Å². The van der Waals surface area contributed by atoms with Crippen LogP contribution in [0.5, 0.6) is 0 Å². The van der Waals surface area contributed by atoms with Gasteiger partial charge in [0.15, 0.2) is 11.7 Å². The molecule has 6 nitrogen and oxygen atoms in total. The number of benzene rings is 1. The number of hydrogen-bond donors (Lipinski definition) is 1. The van der Waals surface area contributed by atoms with Gasteiger partial charge in [0.1, 0.15) is 0 Å². The summed E-state index contributed by atoms with van der Waals surface area (Å²) in [6, 6.07) is 7.23. The number of hydrogen-bond acceptors (Lipinski definition) is 4. The summed E-state index contributed by atoms with van der Waals surface area (Å²) in [6.07, 6.45) is 2.79. The van der Waals surface area contributed by atoms with Crippen molar-refractivity contribution in [2.75, 3.05) is 13.1 Å². The van der Waals surface area contributed by atoms with Crippen LogP contribution < -0.4 is 0 Å². The van der Waals surface area contributed by atoms with E-state index in [1.165, 1.54) is 0 Å². The summed E-state index contributed by atoms with van der Waals surface area (Å²) in [5.74, 6) is -0.244. The molecule has 1 saturated heterocycles. The van der Waals surface area contributed by atoms with Crippen LogP contribution in [0.3, 0.4) is 0 Å². The van der Waals surface area contributed by atoms with Gasteiger partial charge in [0.25, 0.3) is 0 Å². The predicted molar refractivity (Wildman–Crippen MR) is 102 cm³/mol. The number of halogens is 3. The Bertz CT molecular complexity index is 749. The molecule has 9 heteroatoms. The molecule has 1 unspecified atom stereocenters. The molecule has 1 aliphatic heterocycles. The largest absolute Gasteiger partial charge is 0.481 e. The zero-order chi connectivity index (χ0) is 17.1. The zero-order valence-electron chi connectivity index (χ0n) is 13.8. The van der Waals surface area contributed by atoms with Crippen molar-refractivity contribution < 1.29 is 19.1 Å². The van der Waals surface area contributed by atoms with E-state index in [4.69, 9.17) is 21.1 Å². The number of carboxylic acids is 1. The van der Waals surface area contributed by atoms with Crippen molar-refractivity contribution in [3.63, 3.8) is 0 Å². The Balaban J connectivity index is 0.00000169. The second kappa shape index (κ2) is 9.80. The third-order valence-corrected chi connectivity index (χ3v) is 4.38. The second-order valence-electron chi connectivity index (χ2n) is 5.79. The molecular formula is C17H19Cl3N2O4. The summed E-state index contributed by atoms with van der Waals surface area (Å²) in [4.78, 5) is 28.9. The highest BCUT2D eigenvalue weighted by molar-refractivity contribution is 6.30. The first-order valence-corrected chi connectivity index (χ1v) is 8.12. The van der Waals surface area contributed by atoms with Crippen LogP contribution in [0, 0.1) is 5.92 Å². The maximum Gasteiger partial charge on any atom is 0.308 e. The van der Waals surface area contributed by atoms with E-state index >= 15 is 0 Å². The fourth-order valence-corrected chi connectivity index (χ4v) is 2.86. The molecular weight excluding hydrogens is 403 g/mol. The van der Waals surface area contributed by atoms with Gasteiger partial charge in [0.05, 0.1) is 12.1 Å². The monoisotopic (exact) mass is 420 g/mol. The lowest BCUT2D eigenvalue weighted by Gasteiger charge is -2.14. The van der Waals surface area contributed by atoms with E-state index in [9.17, 15) is 9.59 Å². The lowest BCUT2D eigenvalue weighted by Crippen LogP contribution is -2.30. The summed E-state index contributed by atoms with van der Waals surface area (Å²) in [6.45, 7) is 0.785. The van der Waals surface area contributed by atoms with Crippen molar-refractivity contribution in [3.05, 3.63) is 41.4 Å². The van der Waals surface area contributed by atoms with Crippen molar-refractivity contribution >= 4 is 48.3 Å². The Morgan fingerprint density at radius 2 is 1.96 bits per heavy atom. The van der Waals surface area contributed by atoms with E-state index < -0.39 is 11.9 Å². The molecule has 26 heavy (non-hydrogen) atoms. The van der Waals surface area contributed by atoms with Gasteiger partial charge in [-0.3, -0.25) is 9.59 Å². The highest BCUT2D eigenvalue weighted by atomic mass is 35.5. The molecule has 2 aromatic rings. The van der Waals surface area contributed by atoms with Gasteiger partial charge in [-0.25, -0.2) is 4.98 Å². The Kier molecular flexibility index (Phi) is 8.40. The summed E-state index contributed by atoms with van der Waals surface area (Å²) in [5.41, 5.74) is 0.869. The first-order valence-electron chi connectivity index (χ1n) is 7.74. The first-order chi connectivity index (χ1) is 11.5. The highest BCUT2D eigenvalue weighted by Crippen LogP contribution is 2.23. The SMILES string of the molecule is Cl.Cl.O=C(O)C1CCN(C(=O)CCc2ncc(-c3ccc(Cl)cc3)o2)C1. The summed E-state index contributed by atoms with van der Waals surface area (Å²) in [7, 11) is 0. The molecule has 1 aliphatic rings. The van der Waals surface area contributed by atoms with E-state index in [-0.39, 0.29) is 43.7 Å². The topological polar surface area (TPSA) is 83.6 Å². The van der Waals surface area contributed by atoms with Crippen LogP contribution in [-0.4, -0.2) is 40.0 Å². The van der Waals surface area contributed by atoms with Crippen molar-refractivity contribution in [2.24, 2.45) is 5.92 Å². The van der Waals surface area contributed by atoms with Crippen molar-refractivity contribution in [3.8, 4) is 11.3 Å². The Hall–Kier alpha value is -1.76. The van der Waals surface area contributed by atoms with E-state index in [1.54, 1.807) is 23.2 Å². The molecule has 142 valence electrons. The molecule has 0 saturated carbocycles. The van der Waals surface area contributed by atoms with E-state index in [0.29, 0.717) is 36.1 Å². The molecule has 1 aromatic heterocycles. The Labute approximate surface area is 168 Å². The van der Waals surface area contributed by atoms with Gasteiger partial charge in [-0.15, -0.1) is 24.8 Å². The molecule has 0 bridgehead atoms. The third kappa shape index (κ3) is 5.37. The van der Waals surface area contributed by atoms with Crippen molar-refractivity contribution in [2.45, 2.75) is 19.3 Å². The number of nitrogens with zero attached hydrogens (tertiary/aromatic N) is 2. The number of carbonyl (C=O) groups excluding carboxylic acids is 1. The molecule has 1 fully saturated rings. The number of oxazole rings is 1. The normalized spacial score (nSPS) is 15.9. The number of rotatable bonds is 5. The Morgan fingerprint density at radius 3 is 2.58 bits per heavy atom. The van der Waals surface area contributed by atoms with Gasteiger partial charge in [0, 0.05) is 36.5 Å². The number of aryl methyl sites for hydroxylation is 1. The summed E-state index contributed by atoms with van der Waals surface area (Å²) < 4.78 is 5.66. The average Bonchev–Trinajstić information content (AvgIpc) is 3.23. The van der Waals surface area contributed by atoms with Crippen LogP contribution >= 0.6 is 36.4 Å². The van der Waals surface area contributed by atoms with Crippen molar-refractivity contribution in [1.29, 1.82) is 0 Å². The minimum absolute atomic E-state index is 0. The second-order valence-corrected chi connectivity index (χ2v) is 6.23. The number of amides is 1. The van der Waals surface area contributed by atoms with Gasteiger partial charge in [-0.2, -0.15) is 0 Å². The van der Waals surface area contributed by atoms with Crippen LogP contribution in [0.15, 0.2) is 34.9 Å². The average molecular weight is 422 g/mol.